The molecule has 0 saturated heterocycles. The topological polar surface area (TPSA) is 93.8 Å². The monoisotopic (exact) mass is 336 g/mol. The Morgan fingerprint density at radius 2 is 2.17 bits per heavy atom. The second-order valence-electron chi connectivity index (χ2n) is 6.67. The van der Waals surface area contributed by atoms with Crippen molar-refractivity contribution in [2.75, 3.05) is 20.8 Å². The fourth-order valence-corrected chi connectivity index (χ4v) is 3.32. The molecule has 6 heteroatoms. The Morgan fingerprint density at radius 1 is 1.42 bits per heavy atom. The van der Waals surface area contributed by atoms with Gasteiger partial charge in [-0.25, -0.2) is 0 Å². The molecule has 1 amide bonds. The Morgan fingerprint density at radius 3 is 2.79 bits per heavy atom. The number of rotatable bonds is 6. The van der Waals surface area contributed by atoms with E-state index in [1.54, 1.807) is 32.4 Å². The summed E-state index contributed by atoms with van der Waals surface area (Å²) >= 11 is 0. The van der Waals surface area contributed by atoms with E-state index in [0.717, 1.165) is 25.7 Å². The number of carbonyl (C=O) groups excluding carboxylic acids is 1. The minimum atomic E-state index is -0.883. The molecule has 2 rings (SSSR count). The van der Waals surface area contributed by atoms with Crippen LogP contribution in [0, 0.1) is 5.92 Å². The van der Waals surface area contributed by atoms with Crippen molar-refractivity contribution in [2.24, 2.45) is 11.7 Å². The van der Waals surface area contributed by atoms with Crippen LogP contribution in [0.25, 0.3) is 0 Å². The normalized spacial score (nSPS) is 25.0. The highest BCUT2D eigenvalue weighted by molar-refractivity contribution is 5.80. The van der Waals surface area contributed by atoms with Crippen molar-refractivity contribution in [3.8, 4) is 11.5 Å². The third kappa shape index (κ3) is 4.19. The summed E-state index contributed by atoms with van der Waals surface area (Å²) in [6.07, 6.45) is 2.82. The highest BCUT2D eigenvalue weighted by Gasteiger charge is 2.37. The molecule has 1 aromatic rings. The summed E-state index contributed by atoms with van der Waals surface area (Å²) in [5.74, 6) is 0.864. The van der Waals surface area contributed by atoms with Gasteiger partial charge in [-0.15, -0.1) is 0 Å². The van der Waals surface area contributed by atoms with E-state index in [2.05, 4.69) is 5.32 Å². The predicted molar refractivity (Wildman–Crippen MR) is 92.1 cm³/mol. The van der Waals surface area contributed by atoms with E-state index < -0.39 is 11.6 Å². The van der Waals surface area contributed by atoms with Crippen LogP contribution in [-0.2, 0) is 4.79 Å². The number of hydrogen-bond donors (Lipinski definition) is 3. The molecule has 0 bridgehead atoms. The number of aliphatic hydroxyl groups excluding tert-OH is 1. The fraction of sp³-hybridized carbons (Fsp3) is 0.611. The van der Waals surface area contributed by atoms with Crippen molar-refractivity contribution in [2.45, 2.75) is 44.2 Å². The summed E-state index contributed by atoms with van der Waals surface area (Å²) in [5, 5.41) is 13.3. The van der Waals surface area contributed by atoms with Crippen molar-refractivity contribution < 1.29 is 19.4 Å². The number of carbonyl (C=O) groups is 1. The number of hydrogen-bond acceptors (Lipinski definition) is 5. The Kier molecular flexibility index (Phi) is 6.07. The molecule has 0 spiro atoms. The van der Waals surface area contributed by atoms with Gasteiger partial charge >= 0.3 is 0 Å². The number of aliphatic hydroxyl groups is 1. The summed E-state index contributed by atoms with van der Waals surface area (Å²) in [5.41, 5.74) is 6.36. The molecule has 1 saturated carbocycles. The zero-order valence-corrected chi connectivity index (χ0v) is 14.7. The Balaban J connectivity index is 2.02. The van der Waals surface area contributed by atoms with Crippen molar-refractivity contribution >= 4 is 5.91 Å². The van der Waals surface area contributed by atoms with Gasteiger partial charge in [0.15, 0.2) is 0 Å². The lowest BCUT2D eigenvalue weighted by Gasteiger charge is -2.37. The summed E-state index contributed by atoms with van der Waals surface area (Å²) in [6.45, 7) is 2.03. The summed E-state index contributed by atoms with van der Waals surface area (Å²) in [4.78, 5) is 12.5. The average Bonchev–Trinajstić information content (AvgIpc) is 2.58. The van der Waals surface area contributed by atoms with Crippen LogP contribution in [-0.4, -0.2) is 37.3 Å². The van der Waals surface area contributed by atoms with Gasteiger partial charge in [0.05, 0.1) is 26.2 Å². The molecule has 1 aromatic carbocycles. The van der Waals surface area contributed by atoms with Crippen molar-refractivity contribution in [3.05, 3.63) is 23.8 Å². The molecule has 0 radical (unpaired) electrons. The lowest BCUT2D eigenvalue weighted by atomic mass is 9.74. The molecule has 1 fully saturated rings. The van der Waals surface area contributed by atoms with Crippen molar-refractivity contribution in [3.63, 3.8) is 0 Å². The van der Waals surface area contributed by atoms with Crippen LogP contribution in [0.3, 0.4) is 0 Å². The SMILES string of the molecule is COc1ccc(OC)c(C(O)CNC(=O)C2CCCCC2(C)N)c1. The fourth-order valence-electron chi connectivity index (χ4n) is 3.32. The molecule has 3 atom stereocenters. The van der Waals surface area contributed by atoms with E-state index in [-0.39, 0.29) is 18.4 Å². The zero-order chi connectivity index (χ0) is 17.7. The van der Waals surface area contributed by atoms with Crippen LogP contribution < -0.4 is 20.5 Å². The molecule has 1 aliphatic rings. The molecule has 0 aliphatic heterocycles. The predicted octanol–water partition coefficient (Wildman–Crippen LogP) is 1.76. The van der Waals surface area contributed by atoms with Crippen LogP contribution in [0.5, 0.6) is 11.5 Å². The van der Waals surface area contributed by atoms with E-state index in [9.17, 15) is 9.90 Å². The second kappa shape index (κ2) is 7.85. The average molecular weight is 336 g/mol. The largest absolute Gasteiger partial charge is 0.497 e. The molecule has 0 aromatic heterocycles. The maximum absolute atomic E-state index is 12.5. The maximum Gasteiger partial charge on any atom is 0.225 e. The molecule has 1 aliphatic carbocycles. The highest BCUT2D eigenvalue weighted by atomic mass is 16.5. The minimum Gasteiger partial charge on any atom is -0.497 e. The van der Waals surface area contributed by atoms with Gasteiger partial charge in [0.2, 0.25) is 5.91 Å². The molecule has 6 nitrogen and oxygen atoms in total. The van der Waals surface area contributed by atoms with Crippen LogP contribution in [0.4, 0.5) is 0 Å². The molecule has 134 valence electrons. The standard InChI is InChI=1S/C18H28N2O4/c1-18(19)9-5-4-6-14(18)17(22)20-11-15(21)13-10-12(23-2)7-8-16(13)24-3/h7-8,10,14-15,21H,4-6,9,11,19H2,1-3H3,(H,20,22). The molecular formula is C18H28N2O4. The number of methoxy groups -OCH3 is 2. The van der Waals surface area contributed by atoms with E-state index in [4.69, 9.17) is 15.2 Å². The van der Waals surface area contributed by atoms with Crippen LogP contribution in [0.2, 0.25) is 0 Å². The van der Waals surface area contributed by atoms with Crippen LogP contribution in [0.15, 0.2) is 18.2 Å². The number of nitrogens with one attached hydrogen (secondary N) is 1. The van der Waals surface area contributed by atoms with Crippen LogP contribution in [0.1, 0.15) is 44.3 Å². The summed E-state index contributed by atoms with van der Waals surface area (Å²) < 4.78 is 10.5. The first kappa shape index (κ1) is 18.5. The minimum absolute atomic E-state index is 0.0967. The lowest BCUT2D eigenvalue weighted by Crippen LogP contribution is -2.53. The van der Waals surface area contributed by atoms with Crippen molar-refractivity contribution in [1.29, 1.82) is 0 Å². The summed E-state index contributed by atoms with van der Waals surface area (Å²) in [7, 11) is 3.10. The van der Waals surface area contributed by atoms with Gasteiger partial charge in [-0.1, -0.05) is 12.8 Å². The van der Waals surface area contributed by atoms with Gasteiger partial charge in [0, 0.05) is 17.6 Å². The number of ether oxygens (including phenoxy) is 2. The smallest absolute Gasteiger partial charge is 0.225 e. The molecule has 4 N–H and O–H groups in total. The third-order valence-electron chi connectivity index (χ3n) is 4.84. The first-order valence-electron chi connectivity index (χ1n) is 8.35. The van der Waals surface area contributed by atoms with Gasteiger partial charge in [-0.3, -0.25) is 4.79 Å². The van der Waals surface area contributed by atoms with Gasteiger partial charge in [-0.05, 0) is 38.0 Å². The van der Waals surface area contributed by atoms with Gasteiger partial charge < -0.3 is 25.6 Å². The number of benzene rings is 1. The van der Waals surface area contributed by atoms with Crippen LogP contribution >= 0.6 is 0 Å². The first-order valence-corrected chi connectivity index (χ1v) is 8.35. The van der Waals surface area contributed by atoms with Gasteiger partial charge in [-0.2, -0.15) is 0 Å². The first-order chi connectivity index (χ1) is 11.4. The second-order valence-corrected chi connectivity index (χ2v) is 6.67. The van der Waals surface area contributed by atoms with E-state index in [1.165, 1.54) is 0 Å². The van der Waals surface area contributed by atoms with E-state index in [1.807, 2.05) is 6.92 Å². The molecule has 3 unspecified atom stereocenters. The number of nitrogens with two attached hydrogens (primary N) is 1. The zero-order valence-electron chi connectivity index (χ0n) is 14.7. The van der Waals surface area contributed by atoms with Crippen molar-refractivity contribution in [1.82, 2.24) is 5.32 Å². The summed E-state index contributed by atoms with van der Waals surface area (Å²) in [6, 6.07) is 5.20. The highest BCUT2D eigenvalue weighted by Crippen LogP contribution is 2.32. The molecular weight excluding hydrogens is 308 g/mol. The van der Waals surface area contributed by atoms with Gasteiger partial charge in [0.1, 0.15) is 11.5 Å². The quantitative estimate of drug-likeness (QED) is 0.736. The Hall–Kier alpha value is -1.79. The lowest BCUT2D eigenvalue weighted by molar-refractivity contribution is -0.128. The van der Waals surface area contributed by atoms with Gasteiger partial charge in [0.25, 0.3) is 0 Å². The molecule has 24 heavy (non-hydrogen) atoms. The molecule has 0 heterocycles. The Labute approximate surface area is 143 Å². The van der Waals surface area contributed by atoms with E-state index in [0.29, 0.717) is 17.1 Å². The maximum atomic E-state index is 12.5. The third-order valence-corrected chi connectivity index (χ3v) is 4.84. The Bertz CT molecular complexity index is 574. The van der Waals surface area contributed by atoms with E-state index >= 15 is 0 Å². The number of amides is 1.